The van der Waals surface area contributed by atoms with E-state index in [1.165, 1.54) is 5.56 Å². The maximum atomic E-state index is 11.0. The number of Topliss-reactive ketones (excluding diaryl/α,β-unsaturated/α-hetero) is 1. The van der Waals surface area contributed by atoms with E-state index >= 15 is 0 Å². The highest BCUT2D eigenvalue weighted by atomic mass is 16.1. The molecular formula is C11H16N2O. The fourth-order valence-corrected chi connectivity index (χ4v) is 2.11. The van der Waals surface area contributed by atoms with Gasteiger partial charge in [0, 0.05) is 26.1 Å². The van der Waals surface area contributed by atoms with E-state index in [0.29, 0.717) is 11.7 Å². The molecule has 1 fully saturated rings. The number of carbonyl (C=O) groups is 1. The average Bonchev–Trinajstić information content (AvgIpc) is 2.56. The van der Waals surface area contributed by atoms with Crippen molar-refractivity contribution in [1.82, 2.24) is 9.78 Å². The number of aromatic nitrogens is 2. The highest BCUT2D eigenvalue weighted by Gasteiger charge is 2.19. The lowest BCUT2D eigenvalue weighted by Crippen LogP contribution is -2.15. The molecule has 0 N–H and O–H groups in total. The maximum absolute atomic E-state index is 11.0. The highest BCUT2D eigenvalue weighted by molar-refractivity contribution is 5.79. The second-order valence-electron chi connectivity index (χ2n) is 4.21. The van der Waals surface area contributed by atoms with Gasteiger partial charge in [-0.3, -0.25) is 9.48 Å². The van der Waals surface area contributed by atoms with Crippen molar-refractivity contribution < 1.29 is 4.79 Å². The summed E-state index contributed by atoms with van der Waals surface area (Å²) in [6, 6.07) is 0. The van der Waals surface area contributed by atoms with Crippen LogP contribution in [0.4, 0.5) is 0 Å². The predicted octanol–water partition coefficient (Wildman–Crippen LogP) is 1.72. The van der Waals surface area contributed by atoms with Gasteiger partial charge in [0.2, 0.25) is 0 Å². The van der Waals surface area contributed by atoms with E-state index in [2.05, 4.69) is 11.3 Å². The summed E-state index contributed by atoms with van der Waals surface area (Å²) in [4.78, 5) is 11.0. The van der Waals surface area contributed by atoms with Gasteiger partial charge in [0.05, 0.1) is 6.20 Å². The molecule has 0 radical (unpaired) electrons. The molecule has 0 bridgehead atoms. The zero-order chi connectivity index (χ0) is 9.97. The number of hydrogen-bond donors (Lipinski definition) is 0. The number of aryl methyl sites for hydroxylation is 1. The topological polar surface area (TPSA) is 34.9 Å². The number of carbonyl (C=O) groups excluding carboxylic acids is 1. The van der Waals surface area contributed by atoms with Crippen LogP contribution in [-0.2, 0) is 18.3 Å². The minimum atomic E-state index is 0.437. The van der Waals surface area contributed by atoms with Crippen LogP contribution in [0.2, 0.25) is 0 Å². The van der Waals surface area contributed by atoms with Crippen molar-refractivity contribution in [3.05, 3.63) is 18.0 Å². The molecule has 1 aromatic rings. The summed E-state index contributed by atoms with van der Waals surface area (Å²) in [5.41, 5.74) is 1.30. The van der Waals surface area contributed by atoms with Gasteiger partial charge < -0.3 is 0 Å². The van der Waals surface area contributed by atoms with Gasteiger partial charge >= 0.3 is 0 Å². The molecule has 0 unspecified atom stereocenters. The fraction of sp³-hybridized carbons (Fsp3) is 0.636. The van der Waals surface area contributed by atoms with E-state index in [1.807, 2.05) is 17.9 Å². The van der Waals surface area contributed by atoms with E-state index in [-0.39, 0.29) is 0 Å². The lowest BCUT2D eigenvalue weighted by Gasteiger charge is -2.19. The first-order valence-electron chi connectivity index (χ1n) is 5.23. The Hall–Kier alpha value is -1.12. The molecule has 76 valence electrons. The zero-order valence-electron chi connectivity index (χ0n) is 8.57. The molecule has 1 aliphatic rings. The molecule has 1 aliphatic carbocycles. The summed E-state index contributed by atoms with van der Waals surface area (Å²) in [5.74, 6) is 1.13. The number of nitrogens with zero attached hydrogens (tertiary/aromatic N) is 2. The second kappa shape index (κ2) is 3.95. The summed E-state index contributed by atoms with van der Waals surface area (Å²) in [7, 11) is 1.94. The van der Waals surface area contributed by atoms with Gasteiger partial charge in [-0.1, -0.05) is 0 Å². The maximum Gasteiger partial charge on any atom is 0.132 e. The SMILES string of the molecule is Cn1cc(CC2CCC(=O)CC2)cn1. The van der Waals surface area contributed by atoms with E-state index in [1.54, 1.807) is 0 Å². The van der Waals surface area contributed by atoms with Crippen molar-refractivity contribution in [2.45, 2.75) is 32.1 Å². The third-order valence-corrected chi connectivity index (χ3v) is 2.95. The molecule has 3 heteroatoms. The van der Waals surface area contributed by atoms with Gasteiger partial charge in [-0.2, -0.15) is 5.10 Å². The minimum Gasteiger partial charge on any atom is -0.300 e. The van der Waals surface area contributed by atoms with Crippen molar-refractivity contribution in [2.24, 2.45) is 13.0 Å². The molecule has 0 atom stereocenters. The highest BCUT2D eigenvalue weighted by Crippen LogP contribution is 2.24. The molecule has 0 aliphatic heterocycles. The number of hydrogen-bond acceptors (Lipinski definition) is 2. The zero-order valence-corrected chi connectivity index (χ0v) is 8.57. The van der Waals surface area contributed by atoms with Crippen LogP contribution in [0.1, 0.15) is 31.2 Å². The smallest absolute Gasteiger partial charge is 0.132 e. The van der Waals surface area contributed by atoms with Crippen LogP contribution < -0.4 is 0 Å². The molecule has 1 aromatic heterocycles. The predicted molar refractivity (Wildman–Crippen MR) is 53.9 cm³/mol. The van der Waals surface area contributed by atoms with Gasteiger partial charge in [-0.05, 0) is 30.7 Å². The van der Waals surface area contributed by atoms with Crippen molar-refractivity contribution in [3.63, 3.8) is 0 Å². The molecular weight excluding hydrogens is 176 g/mol. The molecule has 0 amide bonds. The Morgan fingerprint density at radius 1 is 1.50 bits per heavy atom. The largest absolute Gasteiger partial charge is 0.300 e. The Labute approximate surface area is 84.1 Å². The van der Waals surface area contributed by atoms with E-state index in [9.17, 15) is 4.79 Å². The number of ketones is 1. The Bertz CT molecular complexity index is 320. The minimum absolute atomic E-state index is 0.437. The van der Waals surface area contributed by atoms with Crippen LogP contribution in [0.25, 0.3) is 0 Å². The van der Waals surface area contributed by atoms with E-state index < -0.39 is 0 Å². The fourth-order valence-electron chi connectivity index (χ4n) is 2.11. The summed E-state index contributed by atoms with van der Waals surface area (Å²) in [6.45, 7) is 0. The quantitative estimate of drug-likeness (QED) is 0.715. The molecule has 0 saturated heterocycles. The number of rotatable bonds is 2. The summed E-state index contributed by atoms with van der Waals surface area (Å²) in [6.07, 6.45) is 8.77. The van der Waals surface area contributed by atoms with E-state index in [4.69, 9.17) is 0 Å². The normalized spacial score (nSPS) is 18.8. The van der Waals surface area contributed by atoms with Crippen LogP contribution >= 0.6 is 0 Å². The molecule has 0 spiro atoms. The van der Waals surface area contributed by atoms with Gasteiger partial charge in [-0.15, -0.1) is 0 Å². The van der Waals surface area contributed by atoms with Crippen molar-refractivity contribution in [1.29, 1.82) is 0 Å². The monoisotopic (exact) mass is 192 g/mol. The van der Waals surface area contributed by atoms with Crippen LogP contribution in [0, 0.1) is 5.92 Å². The van der Waals surface area contributed by atoms with Crippen LogP contribution in [-0.4, -0.2) is 15.6 Å². The van der Waals surface area contributed by atoms with Crippen LogP contribution in [0.3, 0.4) is 0 Å². The first-order valence-corrected chi connectivity index (χ1v) is 5.23. The molecule has 2 rings (SSSR count). The Balaban J connectivity index is 1.89. The lowest BCUT2D eigenvalue weighted by atomic mass is 9.85. The van der Waals surface area contributed by atoms with Crippen molar-refractivity contribution in [3.8, 4) is 0 Å². The third-order valence-electron chi connectivity index (χ3n) is 2.95. The summed E-state index contributed by atoms with van der Waals surface area (Å²) in [5, 5.41) is 4.15. The Morgan fingerprint density at radius 2 is 2.21 bits per heavy atom. The van der Waals surface area contributed by atoms with Gasteiger partial charge in [0.25, 0.3) is 0 Å². The van der Waals surface area contributed by atoms with Crippen LogP contribution in [0.15, 0.2) is 12.4 Å². The van der Waals surface area contributed by atoms with Crippen molar-refractivity contribution in [2.75, 3.05) is 0 Å². The molecule has 1 heterocycles. The lowest BCUT2D eigenvalue weighted by molar-refractivity contribution is -0.120. The second-order valence-corrected chi connectivity index (χ2v) is 4.21. The van der Waals surface area contributed by atoms with E-state index in [0.717, 1.165) is 32.1 Å². The molecule has 3 nitrogen and oxygen atoms in total. The van der Waals surface area contributed by atoms with Crippen LogP contribution in [0.5, 0.6) is 0 Å². The first-order chi connectivity index (χ1) is 6.74. The third kappa shape index (κ3) is 2.22. The van der Waals surface area contributed by atoms with Gasteiger partial charge in [0.1, 0.15) is 5.78 Å². The van der Waals surface area contributed by atoms with Gasteiger partial charge in [0.15, 0.2) is 0 Å². The molecule has 1 saturated carbocycles. The Kier molecular flexibility index (Phi) is 2.66. The summed E-state index contributed by atoms with van der Waals surface area (Å²) >= 11 is 0. The molecule has 0 aromatic carbocycles. The average molecular weight is 192 g/mol. The van der Waals surface area contributed by atoms with Gasteiger partial charge in [-0.25, -0.2) is 0 Å². The summed E-state index contributed by atoms with van der Waals surface area (Å²) < 4.78 is 1.84. The van der Waals surface area contributed by atoms with Crippen molar-refractivity contribution >= 4 is 5.78 Å². The first kappa shape index (κ1) is 9.44. The Morgan fingerprint density at radius 3 is 2.79 bits per heavy atom. The standard InChI is InChI=1S/C11H16N2O/c1-13-8-10(7-12-13)6-9-2-4-11(14)5-3-9/h7-9H,2-6H2,1H3. The molecule has 14 heavy (non-hydrogen) atoms.